The summed E-state index contributed by atoms with van der Waals surface area (Å²) < 4.78 is 5.97. The van der Waals surface area contributed by atoms with Crippen molar-refractivity contribution in [3.05, 3.63) is 59.7 Å². The standard InChI is InChI=1S/C21H28N4O2.HI/c1-15-8-5-6-11-20(15)27-16(2)13-23-21(22-4)24-14-18-9-7-10-19(12-18)25-17(3)26;/h5-12,16H,13-14H2,1-4H3,(H,25,26)(H2,22,23,24);1H. The van der Waals surface area contributed by atoms with Crippen LogP contribution < -0.4 is 20.7 Å². The van der Waals surface area contributed by atoms with E-state index in [0.717, 1.165) is 22.6 Å². The molecule has 6 nitrogen and oxygen atoms in total. The van der Waals surface area contributed by atoms with Crippen LogP contribution in [0.2, 0.25) is 0 Å². The van der Waals surface area contributed by atoms with Gasteiger partial charge in [-0.1, -0.05) is 30.3 Å². The molecule has 0 saturated carbocycles. The first kappa shape index (κ1) is 23.7. The molecular weight excluding hydrogens is 467 g/mol. The summed E-state index contributed by atoms with van der Waals surface area (Å²) in [5.74, 6) is 1.50. The number of aryl methyl sites for hydroxylation is 1. The van der Waals surface area contributed by atoms with Gasteiger partial charge in [0.05, 0.1) is 6.54 Å². The summed E-state index contributed by atoms with van der Waals surface area (Å²) in [7, 11) is 1.73. The van der Waals surface area contributed by atoms with Gasteiger partial charge in [0.2, 0.25) is 5.91 Å². The maximum Gasteiger partial charge on any atom is 0.221 e. The van der Waals surface area contributed by atoms with Crippen LogP contribution in [-0.4, -0.2) is 31.6 Å². The molecule has 2 aromatic rings. The topological polar surface area (TPSA) is 74.8 Å². The van der Waals surface area contributed by atoms with Gasteiger partial charge in [-0.15, -0.1) is 24.0 Å². The van der Waals surface area contributed by atoms with Crippen molar-refractivity contribution in [1.29, 1.82) is 0 Å². The highest BCUT2D eigenvalue weighted by Gasteiger charge is 2.07. The van der Waals surface area contributed by atoms with Gasteiger partial charge in [-0.3, -0.25) is 9.79 Å². The number of halogens is 1. The smallest absolute Gasteiger partial charge is 0.221 e. The van der Waals surface area contributed by atoms with Crippen LogP contribution in [0.25, 0.3) is 0 Å². The van der Waals surface area contributed by atoms with Crippen molar-refractivity contribution < 1.29 is 9.53 Å². The van der Waals surface area contributed by atoms with Crippen molar-refractivity contribution >= 4 is 41.5 Å². The van der Waals surface area contributed by atoms with Crippen LogP contribution in [0.15, 0.2) is 53.5 Å². The predicted octanol–water partition coefficient (Wildman–Crippen LogP) is 3.70. The first-order chi connectivity index (χ1) is 13.0. The molecule has 0 heterocycles. The Morgan fingerprint density at radius 1 is 1.14 bits per heavy atom. The first-order valence-electron chi connectivity index (χ1n) is 9.01. The van der Waals surface area contributed by atoms with E-state index in [1.54, 1.807) is 7.05 Å². The van der Waals surface area contributed by atoms with Gasteiger partial charge >= 0.3 is 0 Å². The van der Waals surface area contributed by atoms with Gasteiger partial charge < -0.3 is 20.7 Å². The Morgan fingerprint density at radius 2 is 1.89 bits per heavy atom. The highest BCUT2D eigenvalue weighted by atomic mass is 127. The minimum Gasteiger partial charge on any atom is -0.489 e. The van der Waals surface area contributed by atoms with Crippen molar-refractivity contribution in [2.75, 3.05) is 18.9 Å². The van der Waals surface area contributed by atoms with Crippen molar-refractivity contribution in [3.8, 4) is 5.75 Å². The third-order valence-electron chi connectivity index (χ3n) is 3.91. The number of nitrogens with one attached hydrogen (secondary N) is 3. The Balaban J connectivity index is 0.00000392. The molecule has 2 aromatic carbocycles. The third-order valence-corrected chi connectivity index (χ3v) is 3.91. The molecule has 28 heavy (non-hydrogen) atoms. The Hall–Kier alpha value is -2.29. The van der Waals surface area contributed by atoms with E-state index in [0.29, 0.717) is 19.0 Å². The average Bonchev–Trinajstić information content (AvgIpc) is 2.63. The van der Waals surface area contributed by atoms with Crippen molar-refractivity contribution in [3.63, 3.8) is 0 Å². The van der Waals surface area contributed by atoms with Gasteiger partial charge in [-0.25, -0.2) is 0 Å². The second-order valence-corrected chi connectivity index (χ2v) is 6.38. The lowest BCUT2D eigenvalue weighted by Gasteiger charge is -2.19. The summed E-state index contributed by atoms with van der Waals surface area (Å²) in [5.41, 5.74) is 2.95. The maximum absolute atomic E-state index is 11.2. The molecule has 0 bridgehead atoms. The van der Waals surface area contributed by atoms with E-state index in [1.807, 2.05) is 62.4 Å². The van der Waals surface area contributed by atoms with Crippen LogP contribution in [0.1, 0.15) is 25.0 Å². The van der Waals surface area contributed by atoms with Gasteiger partial charge in [0.1, 0.15) is 11.9 Å². The molecule has 0 aliphatic heterocycles. The maximum atomic E-state index is 11.2. The highest BCUT2D eigenvalue weighted by molar-refractivity contribution is 14.0. The summed E-state index contributed by atoms with van der Waals surface area (Å²) in [6, 6.07) is 15.7. The molecule has 0 spiro atoms. The number of amides is 1. The number of nitrogens with zero attached hydrogens (tertiary/aromatic N) is 1. The summed E-state index contributed by atoms with van der Waals surface area (Å²) in [5, 5.41) is 9.32. The summed E-state index contributed by atoms with van der Waals surface area (Å²) in [6.45, 7) is 6.77. The number of ether oxygens (including phenoxy) is 1. The van der Waals surface area contributed by atoms with E-state index < -0.39 is 0 Å². The van der Waals surface area contributed by atoms with Crippen molar-refractivity contribution in [2.45, 2.75) is 33.4 Å². The van der Waals surface area contributed by atoms with Crippen LogP contribution in [0.5, 0.6) is 5.75 Å². The molecule has 152 valence electrons. The molecule has 2 rings (SSSR count). The Kier molecular flexibility index (Phi) is 10.4. The lowest BCUT2D eigenvalue weighted by Crippen LogP contribution is -2.41. The minimum atomic E-state index is -0.0831. The number of para-hydroxylation sites is 1. The second kappa shape index (κ2) is 12.2. The van der Waals surface area contributed by atoms with Gasteiger partial charge in [-0.2, -0.15) is 0 Å². The van der Waals surface area contributed by atoms with Gasteiger partial charge in [0, 0.05) is 26.2 Å². The van der Waals surface area contributed by atoms with Gasteiger partial charge in [-0.05, 0) is 43.2 Å². The van der Waals surface area contributed by atoms with Crippen LogP contribution in [0.3, 0.4) is 0 Å². The first-order valence-corrected chi connectivity index (χ1v) is 9.01. The molecule has 0 fully saturated rings. The van der Waals surface area contributed by atoms with E-state index in [1.165, 1.54) is 6.92 Å². The molecule has 1 atom stereocenters. The SMILES string of the molecule is CN=C(NCc1cccc(NC(C)=O)c1)NCC(C)Oc1ccccc1C.I. The number of rotatable bonds is 7. The monoisotopic (exact) mass is 496 g/mol. The van der Waals surface area contributed by atoms with E-state index in [2.05, 4.69) is 20.9 Å². The lowest BCUT2D eigenvalue weighted by atomic mass is 10.2. The van der Waals surface area contributed by atoms with Crippen LogP contribution in [0.4, 0.5) is 5.69 Å². The molecule has 1 amide bonds. The molecule has 7 heteroatoms. The fraction of sp³-hybridized carbons (Fsp3) is 0.333. The fourth-order valence-corrected chi connectivity index (χ4v) is 2.56. The zero-order valence-corrected chi connectivity index (χ0v) is 19.1. The molecule has 0 saturated heterocycles. The molecule has 0 radical (unpaired) electrons. The average molecular weight is 496 g/mol. The summed E-state index contributed by atoms with van der Waals surface area (Å²) >= 11 is 0. The third kappa shape index (κ3) is 8.16. The zero-order valence-electron chi connectivity index (χ0n) is 16.8. The number of hydrogen-bond acceptors (Lipinski definition) is 3. The van der Waals surface area contributed by atoms with E-state index in [-0.39, 0.29) is 36.0 Å². The number of aliphatic imine (C=N–C) groups is 1. The Labute approximate surface area is 184 Å². The Bertz CT molecular complexity index is 795. The highest BCUT2D eigenvalue weighted by Crippen LogP contribution is 2.17. The Morgan fingerprint density at radius 3 is 2.57 bits per heavy atom. The zero-order chi connectivity index (χ0) is 19.6. The summed E-state index contributed by atoms with van der Waals surface area (Å²) in [4.78, 5) is 15.4. The summed E-state index contributed by atoms with van der Waals surface area (Å²) in [6.07, 6.45) is -0.00672. The van der Waals surface area contributed by atoms with Gasteiger partial charge in [0.15, 0.2) is 5.96 Å². The number of anilines is 1. The minimum absolute atomic E-state index is 0. The number of guanidine groups is 1. The number of hydrogen-bond donors (Lipinski definition) is 3. The number of carbonyl (C=O) groups is 1. The van der Waals surface area contributed by atoms with Crippen LogP contribution >= 0.6 is 24.0 Å². The quantitative estimate of drug-likeness (QED) is 0.311. The lowest BCUT2D eigenvalue weighted by molar-refractivity contribution is -0.114. The van der Waals surface area contributed by atoms with Crippen molar-refractivity contribution in [1.82, 2.24) is 10.6 Å². The second-order valence-electron chi connectivity index (χ2n) is 6.38. The normalized spacial score (nSPS) is 11.8. The van der Waals surface area contributed by atoms with E-state index in [4.69, 9.17) is 4.74 Å². The largest absolute Gasteiger partial charge is 0.489 e. The van der Waals surface area contributed by atoms with E-state index >= 15 is 0 Å². The molecule has 1 unspecified atom stereocenters. The van der Waals surface area contributed by atoms with Crippen molar-refractivity contribution in [2.24, 2.45) is 4.99 Å². The van der Waals surface area contributed by atoms with Crippen LogP contribution in [0, 0.1) is 6.92 Å². The molecular formula is C21H29IN4O2. The van der Waals surface area contributed by atoms with Crippen LogP contribution in [-0.2, 0) is 11.3 Å². The fourth-order valence-electron chi connectivity index (χ4n) is 2.56. The number of benzene rings is 2. The molecule has 0 aliphatic carbocycles. The molecule has 3 N–H and O–H groups in total. The number of carbonyl (C=O) groups excluding carboxylic acids is 1. The van der Waals surface area contributed by atoms with E-state index in [9.17, 15) is 4.79 Å². The predicted molar refractivity (Wildman–Crippen MR) is 126 cm³/mol. The molecule has 0 aromatic heterocycles. The molecule has 0 aliphatic rings. The van der Waals surface area contributed by atoms with Gasteiger partial charge in [0.25, 0.3) is 0 Å².